The van der Waals surface area contributed by atoms with Crippen molar-refractivity contribution in [1.29, 1.82) is 0 Å². The number of methoxy groups -OCH3 is 3. The highest BCUT2D eigenvalue weighted by molar-refractivity contribution is 6.08. The van der Waals surface area contributed by atoms with Gasteiger partial charge in [0, 0.05) is 29.1 Å². The Kier molecular flexibility index (Phi) is 7.91. The van der Waals surface area contributed by atoms with Crippen molar-refractivity contribution in [2.24, 2.45) is 0 Å². The Hall–Kier alpha value is -4.86. The summed E-state index contributed by atoms with van der Waals surface area (Å²) in [6.07, 6.45) is 0.0349. The van der Waals surface area contributed by atoms with E-state index in [9.17, 15) is 14.0 Å². The van der Waals surface area contributed by atoms with Crippen LogP contribution in [0.1, 0.15) is 21.7 Å². The van der Waals surface area contributed by atoms with E-state index < -0.39 is 11.7 Å². The molecule has 0 unspecified atom stereocenters. The second kappa shape index (κ2) is 11.5. The van der Waals surface area contributed by atoms with Gasteiger partial charge in [-0.3, -0.25) is 9.59 Å². The molecule has 9 nitrogen and oxygen atoms in total. The molecule has 0 bridgehead atoms. The van der Waals surface area contributed by atoms with Gasteiger partial charge in [0.05, 0.1) is 27.8 Å². The third-order valence-electron chi connectivity index (χ3n) is 5.72. The molecular weight excluding hydrogens is 493 g/mol. The molecule has 3 aromatic carbocycles. The minimum Gasteiger partial charge on any atom is -0.493 e. The number of nitrogens with one attached hydrogen (secondary N) is 2. The topological polar surface area (TPSA) is 112 Å². The first-order valence-electron chi connectivity index (χ1n) is 11.6. The summed E-state index contributed by atoms with van der Waals surface area (Å²) in [5.41, 5.74) is 1.97. The zero-order valence-electron chi connectivity index (χ0n) is 21.3. The van der Waals surface area contributed by atoms with Crippen molar-refractivity contribution in [2.75, 3.05) is 32.0 Å². The minimum atomic E-state index is -0.519. The van der Waals surface area contributed by atoms with Crippen molar-refractivity contribution in [3.8, 4) is 28.5 Å². The van der Waals surface area contributed by atoms with Crippen LogP contribution in [0.5, 0.6) is 17.2 Å². The second-order valence-electron chi connectivity index (χ2n) is 8.24. The van der Waals surface area contributed by atoms with Crippen LogP contribution in [0.2, 0.25) is 0 Å². The molecule has 0 saturated heterocycles. The van der Waals surface area contributed by atoms with Crippen molar-refractivity contribution < 1.29 is 32.7 Å². The van der Waals surface area contributed by atoms with E-state index in [1.165, 1.54) is 33.5 Å². The van der Waals surface area contributed by atoms with Crippen LogP contribution >= 0.6 is 0 Å². The number of hydrogen-bond donors (Lipinski definition) is 2. The van der Waals surface area contributed by atoms with Crippen LogP contribution in [0.25, 0.3) is 11.3 Å². The lowest BCUT2D eigenvalue weighted by Crippen LogP contribution is -2.16. The van der Waals surface area contributed by atoms with E-state index in [1.54, 1.807) is 55.5 Å². The summed E-state index contributed by atoms with van der Waals surface area (Å²) in [6, 6.07) is 16.1. The summed E-state index contributed by atoms with van der Waals surface area (Å²) in [6.45, 7) is 1.58. The molecule has 38 heavy (non-hydrogen) atoms. The van der Waals surface area contributed by atoms with Crippen LogP contribution < -0.4 is 24.8 Å². The van der Waals surface area contributed by atoms with Crippen molar-refractivity contribution >= 4 is 23.2 Å². The van der Waals surface area contributed by atoms with Gasteiger partial charge in [0.25, 0.3) is 5.91 Å². The molecule has 0 aliphatic rings. The molecule has 0 atom stereocenters. The molecule has 10 heteroatoms. The number of benzene rings is 3. The fourth-order valence-corrected chi connectivity index (χ4v) is 3.97. The molecule has 1 heterocycles. The Morgan fingerprint density at radius 2 is 1.61 bits per heavy atom. The van der Waals surface area contributed by atoms with Crippen molar-refractivity contribution in [1.82, 2.24) is 5.16 Å². The standard InChI is InChI=1S/C28H26FN3O6/c1-16-25(26(32-38-16)20-10-5-6-11-21(20)29)28(34)31-18-9-7-8-17(12-18)13-24(33)30-19-14-22(35-2)27(37-4)23(15-19)36-3/h5-12,14-15H,13H2,1-4H3,(H,30,33)(H,31,34). The Labute approximate surface area is 218 Å². The van der Waals surface area contributed by atoms with Gasteiger partial charge in [0.15, 0.2) is 11.5 Å². The number of aromatic nitrogens is 1. The average Bonchev–Trinajstić information content (AvgIpc) is 3.29. The van der Waals surface area contributed by atoms with Crippen molar-refractivity contribution in [2.45, 2.75) is 13.3 Å². The van der Waals surface area contributed by atoms with Gasteiger partial charge in [-0.2, -0.15) is 0 Å². The number of nitrogens with zero attached hydrogens (tertiary/aromatic N) is 1. The lowest BCUT2D eigenvalue weighted by atomic mass is 10.0. The third-order valence-corrected chi connectivity index (χ3v) is 5.72. The Morgan fingerprint density at radius 1 is 0.895 bits per heavy atom. The first-order valence-corrected chi connectivity index (χ1v) is 11.6. The van der Waals surface area contributed by atoms with Crippen molar-refractivity contribution in [3.05, 3.63) is 83.4 Å². The maximum Gasteiger partial charge on any atom is 0.261 e. The lowest BCUT2D eigenvalue weighted by Gasteiger charge is -2.14. The molecule has 0 fully saturated rings. The van der Waals surface area contributed by atoms with Crippen LogP contribution in [-0.4, -0.2) is 38.3 Å². The summed E-state index contributed by atoms with van der Waals surface area (Å²) in [5, 5.41) is 9.48. The highest BCUT2D eigenvalue weighted by Crippen LogP contribution is 2.40. The van der Waals surface area contributed by atoms with E-state index in [4.69, 9.17) is 18.7 Å². The molecule has 2 amide bonds. The monoisotopic (exact) mass is 519 g/mol. The van der Waals surface area contributed by atoms with Crippen LogP contribution in [0.4, 0.5) is 15.8 Å². The largest absolute Gasteiger partial charge is 0.493 e. The van der Waals surface area contributed by atoms with Gasteiger partial charge in [0.1, 0.15) is 22.8 Å². The summed E-state index contributed by atoms with van der Waals surface area (Å²) >= 11 is 0. The number of carbonyl (C=O) groups is 2. The zero-order chi connectivity index (χ0) is 27.2. The number of amides is 2. The summed E-state index contributed by atoms with van der Waals surface area (Å²) in [5.74, 6) is 0.158. The number of halogens is 1. The number of aryl methyl sites for hydroxylation is 1. The van der Waals surface area contributed by atoms with E-state index in [0.717, 1.165) is 0 Å². The quantitative estimate of drug-likeness (QED) is 0.311. The van der Waals surface area contributed by atoms with Gasteiger partial charge in [-0.1, -0.05) is 29.4 Å². The van der Waals surface area contributed by atoms with E-state index in [1.807, 2.05) is 0 Å². The molecule has 0 spiro atoms. The molecule has 0 saturated carbocycles. The Balaban J connectivity index is 1.49. The second-order valence-corrected chi connectivity index (χ2v) is 8.24. The molecule has 0 aliphatic carbocycles. The van der Waals surface area contributed by atoms with E-state index in [2.05, 4.69) is 15.8 Å². The van der Waals surface area contributed by atoms with E-state index in [-0.39, 0.29) is 34.9 Å². The Morgan fingerprint density at radius 3 is 2.26 bits per heavy atom. The molecule has 196 valence electrons. The van der Waals surface area contributed by atoms with Gasteiger partial charge < -0.3 is 29.4 Å². The maximum absolute atomic E-state index is 14.3. The number of hydrogen-bond acceptors (Lipinski definition) is 7. The lowest BCUT2D eigenvalue weighted by molar-refractivity contribution is -0.115. The van der Waals surface area contributed by atoms with Crippen LogP contribution in [0, 0.1) is 12.7 Å². The smallest absolute Gasteiger partial charge is 0.261 e. The highest BCUT2D eigenvalue weighted by atomic mass is 19.1. The number of carbonyl (C=O) groups excluding carboxylic acids is 2. The fraction of sp³-hybridized carbons (Fsp3) is 0.179. The number of rotatable bonds is 9. The molecule has 1 aromatic heterocycles. The van der Waals surface area contributed by atoms with E-state index >= 15 is 0 Å². The highest BCUT2D eigenvalue weighted by Gasteiger charge is 2.23. The first-order chi connectivity index (χ1) is 18.3. The summed E-state index contributed by atoms with van der Waals surface area (Å²) in [7, 11) is 4.47. The predicted octanol–water partition coefficient (Wildman–Crippen LogP) is 5.25. The number of anilines is 2. The fourth-order valence-electron chi connectivity index (χ4n) is 3.97. The molecular formula is C28H26FN3O6. The minimum absolute atomic E-state index is 0.0349. The van der Waals surface area contributed by atoms with Gasteiger partial charge in [-0.15, -0.1) is 0 Å². The SMILES string of the molecule is COc1cc(NC(=O)Cc2cccc(NC(=O)c3c(-c4ccccc4F)noc3C)c2)cc(OC)c1OC. The van der Waals surface area contributed by atoms with Crippen LogP contribution in [0.15, 0.2) is 65.2 Å². The van der Waals surface area contributed by atoms with Gasteiger partial charge >= 0.3 is 0 Å². The molecule has 0 aliphatic heterocycles. The third kappa shape index (κ3) is 5.59. The normalized spacial score (nSPS) is 10.6. The van der Waals surface area contributed by atoms with Crippen LogP contribution in [0.3, 0.4) is 0 Å². The predicted molar refractivity (Wildman–Crippen MR) is 139 cm³/mol. The van der Waals surface area contributed by atoms with Gasteiger partial charge in [0.2, 0.25) is 11.7 Å². The van der Waals surface area contributed by atoms with Gasteiger partial charge in [-0.25, -0.2) is 4.39 Å². The van der Waals surface area contributed by atoms with Crippen LogP contribution in [-0.2, 0) is 11.2 Å². The number of ether oxygens (including phenoxy) is 3. The Bertz CT molecular complexity index is 1460. The molecule has 4 aromatic rings. The first kappa shape index (κ1) is 26.2. The van der Waals surface area contributed by atoms with Crippen molar-refractivity contribution in [3.63, 3.8) is 0 Å². The molecule has 2 N–H and O–H groups in total. The molecule has 0 radical (unpaired) electrons. The molecule has 4 rings (SSSR count). The summed E-state index contributed by atoms with van der Waals surface area (Å²) in [4.78, 5) is 25.9. The van der Waals surface area contributed by atoms with Gasteiger partial charge in [-0.05, 0) is 36.8 Å². The zero-order valence-corrected chi connectivity index (χ0v) is 21.3. The van der Waals surface area contributed by atoms with E-state index in [0.29, 0.717) is 34.2 Å². The average molecular weight is 520 g/mol. The summed E-state index contributed by atoms with van der Waals surface area (Å²) < 4.78 is 35.5. The maximum atomic E-state index is 14.3.